The molecule has 1 aromatic heterocycles. The topological polar surface area (TPSA) is 88.7 Å². The number of nitrogens with zero attached hydrogens (tertiary/aromatic N) is 2. The molecule has 0 spiro atoms. The maximum Gasteiger partial charge on any atom is 0.303 e. The normalized spacial score (nSPS) is 18.4. The molecule has 0 bridgehead atoms. The number of piperidine rings is 1. The van der Waals surface area contributed by atoms with Crippen LogP contribution in [-0.4, -0.2) is 47.7 Å². The number of ether oxygens (including phenoxy) is 1. The van der Waals surface area contributed by atoms with E-state index in [1.807, 2.05) is 4.90 Å². The Labute approximate surface area is 223 Å². The highest BCUT2D eigenvalue weighted by atomic mass is 19.2. The van der Waals surface area contributed by atoms with Crippen LogP contribution in [0.1, 0.15) is 42.9 Å². The summed E-state index contributed by atoms with van der Waals surface area (Å²) in [6.45, 7) is 1.23. The third-order valence-corrected chi connectivity index (χ3v) is 7.22. The van der Waals surface area contributed by atoms with E-state index in [1.165, 1.54) is 7.11 Å². The van der Waals surface area contributed by atoms with Crippen molar-refractivity contribution in [2.75, 3.05) is 26.7 Å². The quantitative estimate of drug-likeness (QED) is 0.235. The molecule has 0 amide bonds. The second kappa shape index (κ2) is 12.5. The molecule has 3 N–H and O–H groups in total. The van der Waals surface area contributed by atoms with Gasteiger partial charge < -0.3 is 15.6 Å². The van der Waals surface area contributed by atoms with E-state index in [4.69, 9.17) is 10.5 Å². The van der Waals surface area contributed by atoms with Gasteiger partial charge in [-0.2, -0.15) is 0 Å². The van der Waals surface area contributed by atoms with Gasteiger partial charge in [0, 0.05) is 36.0 Å². The summed E-state index contributed by atoms with van der Waals surface area (Å²) in [5.74, 6) is 0.728. The number of likely N-dealkylation sites (tertiary alicyclic amines) is 1. The number of carboxylic acids is 1. The van der Waals surface area contributed by atoms with Crippen LogP contribution in [0.25, 0.3) is 10.9 Å². The summed E-state index contributed by atoms with van der Waals surface area (Å²) in [6, 6.07) is 5.85. The lowest BCUT2D eigenvalue weighted by Crippen LogP contribution is -2.41. The van der Waals surface area contributed by atoms with Crippen LogP contribution in [0, 0.1) is 46.9 Å². The second-order valence-corrected chi connectivity index (χ2v) is 9.78. The number of hydrogen-bond donors (Lipinski definition) is 2. The molecule has 10 heteroatoms. The first kappa shape index (κ1) is 28.3. The average Bonchev–Trinajstić information content (AvgIpc) is 2.90. The molecule has 1 saturated heterocycles. The van der Waals surface area contributed by atoms with Crippen LogP contribution in [0.3, 0.4) is 0 Å². The fourth-order valence-electron chi connectivity index (χ4n) is 5.24. The first-order valence-corrected chi connectivity index (χ1v) is 12.6. The van der Waals surface area contributed by atoms with Gasteiger partial charge in [0.05, 0.1) is 30.9 Å². The summed E-state index contributed by atoms with van der Waals surface area (Å²) in [5, 5.41) is 10.1. The lowest BCUT2D eigenvalue weighted by molar-refractivity contribution is -0.139. The highest BCUT2D eigenvalue weighted by Crippen LogP contribution is 2.35. The monoisotopic (exact) mass is 543 g/mol. The van der Waals surface area contributed by atoms with Crippen LogP contribution in [0.4, 0.5) is 17.6 Å². The number of rotatable bonds is 8. The van der Waals surface area contributed by atoms with Crippen LogP contribution < -0.4 is 10.5 Å². The van der Waals surface area contributed by atoms with Crippen molar-refractivity contribution in [3.63, 3.8) is 0 Å². The molecule has 2 unspecified atom stereocenters. The van der Waals surface area contributed by atoms with Crippen molar-refractivity contribution in [3.05, 3.63) is 70.9 Å². The first-order valence-electron chi connectivity index (χ1n) is 12.6. The van der Waals surface area contributed by atoms with Gasteiger partial charge in [-0.1, -0.05) is 11.8 Å². The molecule has 4 rings (SSSR count). The Bertz CT molecular complexity index is 1420. The number of carbonyl (C=O) groups is 1. The smallest absolute Gasteiger partial charge is 0.303 e. The zero-order chi connectivity index (χ0) is 28.1. The number of aromatic nitrogens is 1. The molecule has 3 aromatic rings. The molecule has 1 aliphatic heterocycles. The molecule has 0 aliphatic carbocycles. The van der Waals surface area contributed by atoms with Crippen molar-refractivity contribution in [2.45, 2.75) is 31.7 Å². The van der Waals surface area contributed by atoms with Gasteiger partial charge in [-0.15, -0.1) is 0 Å². The predicted molar refractivity (Wildman–Crippen MR) is 138 cm³/mol. The third kappa shape index (κ3) is 6.85. The Morgan fingerprint density at radius 3 is 2.74 bits per heavy atom. The summed E-state index contributed by atoms with van der Waals surface area (Å²) < 4.78 is 60.8. The van der Waals surface area contributed by atoms with Gasteiger partial charge in [-0.3, -0.25) is 14.7 Å². The first-order chi connectivity index (χ1) is 18.7. The van der Waals surface area contributed by atoms with Crippen molar-refractivity contribution < 1.29 is 32.2 Å². The SMILES string of the molecule is COc1ccc2ncc(F)c([C@H](N)CCC3CCN(CC#Cc4cc(F)cc(F)c4F)CC3CC(=O)O)c2c1. The van der Waals surface area contributed by atoms with Gasteiger partial charge >= 0.3 is 5.97 Å². The lowest BCUT2D eigenvalue weighted by Gasteiger charge is -2.37. The number of pyridine rings is 1. The number of nitrogens with two attached hydrogens (primary N) is 1. The Balaban J connectivity index is 1.43. The Morgan fingerprint density at radius 2 is 2.00 bits per heavy atom. The van der Waals surface area contributed by atoms with Crippen LogP contribution in [0.5, 0.6) is 5.75 Å². The number of hydrogen-bond acceptors (Lipinski definition) is 5. The van der Waals surface area contributed by atoms with Crippen molar-refractivity contribution in [1.29, 1.82) is 0 Å². The number of fused-ring (bicyclic) bond motifs is 1. The van der Waals surface area contributed by atoms with Gasteiger partial charge in [0.25, 0.3) is 0 Å². The number of aliphatic carboxylic acids is 1. The minimum absolute atomic E-state index is 0.0387. The van der Waals surface area contributed by atoms with E-state index in [-0.39, 0.29) is 30.4 Å². The summed E-state index contributed by atoms with van der Waals surface area (Å²) in [5.41, 5.74) is 7.04. The molecule has 2 aromatic carbocycles. The maximum atomic E-state index is 14.8. The number of halogens is 4. The standard InChI is InChI=1S/C29H29F4N3O3/c1-39-21-5-7-26-22(14-21)28(24(32)15-35-26)25(34)6-4-17-8-10-36(16-19(17)12-27(37)38)9-2-3-18-11-20(30)13-23(31)29(18)33/h5,7,11,13-15,17,19,25H,4,6,8-10,12,16,34H2,1H3,(H,37,38)/t17?,19?,25-/m1/s1. The summed E-state index contributed by atoms with van der Waals surface area (Å²) >= 11 is 0. The van der Waals surface area contributed by atoms with Crippen molar-refractivity contribution in [1.82, 2.24) is 9.88 Å². The second-order valence-electron chi connectivity index (χ2n) is 9.78. The van der Waals surface area contributed by atoms with Crippen LogP contribution in [-0.2, 0) is 4.79 Å². The average molecular weight is 544 g/mol. The van der Waals surface area contributed by atoms with E-state index in [0.29, 0.717) is 60.6 Å². The molecule has 1 fully saturated rings. The number of benzene rings is 2. The van der Waals surface area contributed by atoms with Gasteiger partial charge in [0.1, 0.15) is 17.4 Å². The van der Waals surface area contributed by atoms with Crippen molar-refractivity contribution >= 4 is 16.9 Å². The van der Waals surface area contributed by atoms with Crippen LogP contribution in [0.2, 0.25) is 0 Å². The van der Waals surface area contributed by atoms with Gasteiger partial charge in [0.15, 0.2) is 11.6 Å². The van der Waals surface area contributed by atoms with Gasteiger partial charge in [-0.25, -0.2) is 17.6 Å². The molecule has 39 heavy (non-hydrogen) atoms. The lowest BCUT2D eigenvalue weighted by atomic mass is 9.79. The summed E-state index contributed by atoms with van der Waals surface area (Å²) in [6.07, 6.45) is 2.80. The highest BCUT2D eigenvalue weighted by molar-refractivity contribution is 5.84. The molecule has 1 aliphatic rings. The minimum Gasteiger partial charge on any atom is -0.497 e. The molecule has 3 atom stereocenters. The molecule has 2 heterocycles. The number of carboxylic acid groups (broad SMARTS) is 1. The molecule has 0 radical (unpaired) electrons. The van der Waals surface area contributed by atoms with Crippen molar-refractivity contribution in [3.8, 4) is 17.6 Å². The van der Waals surface area contributed by atoms with Crippen LogP contribution >= 0.6 is 0 Å². The molecular weight excluding hydrogens is 514 g/mol. The summed E-state index contributed by atoms with van der Waals surface area (Å²) in [7, 11) is 1.52. The minimum atomic E-state index is -1.31. The number of methoxy groups -OCH3 is 1. The fraction of sp³-hybridized carbons (Fsp3) is 0.379. The zero-order valence-corrected chi connectivity index (χ0v) is 21.4. The van der Waals surface area contributed by atoms with Gasteiger partial charge in [-0.05, 0) is 61.9 Å². The molecule has 0 saturated carbocycles. The predicted octanol–water partition coefficient (Wildman–Crippen LogP) is 5.04. The Kier molecular flexibility index (Phi) is 9.04. The highest BCUT2D eigenvalue weighted by Gasteiger charge is 2.31. The van der Waals surface area contributed by atoms with E-state index < -0.39 is 35.3 Å². The molecule has 6 nitrogen and oxygen atoms in total. The largest absolute Gasteiger partial charge is 0.497 e. The Hall–Kier alpha value is -3.68. The summed E-state index contributed by atoms with van der Waals surface area (Å²) in [4.78, 5) is 17.6. The van der Waals surface area contributed by atoms with Gasteiger partial charge in [0.2, 0.25) is 0 Å². The van der Waals surface area contributed by atoms with E-state index >= 15 is 0 Å². The fourth-order valence-corrected chi connectivity index (χ4v) is 5.24. The van der Waals surface area contributed by atoms with E-state index in [0.717, 1.165) is 12.3 Å². The molecule has 206 valence electrons. The zero-order valence-electron chi connectivity index (χ0n) is 21.4. The Morgan fingerprint density at radius 1 is 1.21 bits per heavy atom. The van der Waals surface area contributed by atoms with E-state index in [2.05, 4.69) is 16.8 Å². The van der Waals surface area contributed by atoms with Crippen molar-refractivity contribution in [2.24, 2.45) is 17.6 Å². The van der Waals surface area contributed by atoms with E-state index in [1.54, 1.807) is 18.2 Å². The maximum absolute atomic E-state index is 14.8. The molecular formula is C29H29F4N3O3. The van der Waals surface area contributed by atoms with Crippen LogP contribution in [0.15, 0.2) is 36.5 Å². The van der Waals surface area contributed by atoms with E-state index in [9.17, 15) is 27.5 Å². The third-order valence-electron chi connectivity index (χ3n) is 7.22.